The van der Waals surface area contributed by atoms with Gasteiger partial charge in [-0.05, 0) is 29.8 Å². The summed E-state index contributed by atoms with van der Waals surface area (Å²) >= 11 is 0. The molecule has 0 saturated heterocycles. The average Bonchev–Trinajstić information content (AvgIpc) is 2.63. The van der Waals surface area contributed by atoms with Crippen LogP contribution in [0, 0.1) is 5.82 Å². The number of benzene rings is 2. The molecule has 0 unspecified atom stereocenters. The van der Waals surface area contributed by atoms with Crippen molar-refractivity contribution < 1.29 is 17.6 Å². The molecule has 1 aliphatic heterocycles. The van der Waals surface area contributed by atoms with E-state index in [2.05, 4.69) is 0 Å². The molecule has 0 radical (unpaired) electrons. The molecule has 7 heteroatoms. The van der Waals surface area contributed by atoms with Crippen LogP contribution >= 0.6 is 0 Å². The fourth-order valence-electron chi connectivity index (χ4n) is 2.25. The molecule has 3 rings (SSSR count). The zero-order valence-corrected chi connectivity index (χ0v) is 11.6. The van der Waals surface area contributed by atoms with Crippen LogP contribution in [-0.2, 0) is 16.6 Å². The van der Waals surface area contributed by atoms with Crippen LogP contribution in [0.4, 0.5) is 10.1 Å². The fraction of sp³-hybridized carbons (Fsp3) is 0.0714. The number of carbonyl (C=O) groups is 1. The third-order valence-electron chi connectivity index (χ3n) is 3.33. The van der Waals surface area contributed by atoms with Crippen LogP contribution in [0.5, 0.6) is 0 Å². The predicted octanol–water partition coefficient (Wildman–Crippen LogP) is 1.75. The molecule has 0 atom stereocenters. The monoisotopic (exact) mass is 306 g/mol. The summed E-state index contributed by atoms with van der Waals surface area (Å²) in [5.41, 5.74) is 6.28. The van der Waals surface area contributed by atoms with Gasteiger partial charge in [0.25, 0.3) is 15.9 Å². The van der Waals surface area contributed by atoms with Gasteiger partial charge in [-0.2, -0.15) is 0 Å². The van der Waals surface area contributed by atoms with Gasteiger partial charge in [-0.25, -0.2) is 17.1 Å². The minimum atomic E-state index is -3.89. The number of anilines is 1. The third-order valence-corrected chi connectivity index (χ3v) is 5.12. The summed E-state index contributed by atoms with van der Waals surface area (Å²) in [4.78, 5) is 12.2. The van der Waals surface area contributed by atoms with Crippen molar-refractivity contribution in [3.63, 3.8) is 0 Å². The second-order valence-corrected chi connectivity index (χ2v) is 6.49. The molecule has 0 aromatic heterocycles. The molecule has 0 bridgehead atoms. The Kier molecular flexibility index (Phi) is 2.94. The molecule has 1 aliphatic rings. The number of nitrogens with two attached hydrogens (primary N) is 1. The average molecular weight is 306 g/mol. The van der Waals surface area contributed by atoms with Gasteiger partial charge in [-0.15, -0.1) is 0 Å². The third kappa shape index (κ3) is 2.06. The highest BCUT2D eigenvalue weighted by Gasteiger charge is 2.40. The molecule has 21 heavy (non-hydrogen) atoms. The van der Waals surface area contributed by atoms with Crippen LogP contribution in [0.2, 0.25) is 0 Å². The maximum Gasteiger partial charge on any atom is 0.269 e. The number of hydrogen-bond acceptors (Lipinski definition) is 4. The Balaban J connectivity index is 2.03. The van der Waals surface area contributed by atoms with E-state index in [1.165, 1.54) is 24.3 Å². The number of sulfonamides is 1. The van der Waals surface area contributed by atoms with Crippen LogP contribution in [0.25, 0.3) is 0 Å². The van der Waals surface area contributed by atoms with E-state index >= 15 is 0 Å². The number of carbonyl (C=O) groups excluding carboxylic acids is 1. The topological polar surface area (TPSA) is 80.5 Å². The number of hydrogen-bond donors (Lipinski definition) is 1. The van der Waals surface area contributed by atoms with E-state index in [1.807, 2.05) is 0 Å². The zero-order chi connectivity index (χ0) is 15.2. The maximum atomic E-state index is 13.0. The Hall–Kier alpha value is -2.41. The van der Waals surface area contributed by atoms with E-state index in [0.717, 1.165) is 10.4 Å². The molecule has 0 saturated carbocycles. The summed E-state index contributed by atoms with van der Waals surface area (Å²) < 4.78 is 38.5. The van der Waals surface area contributed by atoms with Gasteiger partial charge in [-0.1, -0.05) is 18.2 Å². The molecule has 2 N–H and O–H groups in total. The lowest BCUT2D eigenvalue weighted by atomic mass is 10.1. The fourth-order valence-corrected chi connectivity index (χ4v) is 3.80. The molecule has 0 fully saturated rings. The standard InChI is InChI=1S/C14H11FN2O3S/c15-10-6-5-9(12(16)7-10)8-17-14(18)11-3-1-2-4-13(11)21(17,19)20/h1-7H,8,16H2. The van der Waals surface area contributed by atoms with Crippen molar-refractivity contribution in [2.45, 2.75) is 11.4 Å². The first kappa shape index (κ1) is 13.6. The Labute approximate surface area is 120 Å². The molecule has 0 aliphatic carbocycles. The van der Waals surface area contributed by atoms with Gasteiger partial charge in [-0.3, -0.25) is 4.79 Å². The van der Waals surface area contributed by atoms with Gasteiger partial charge in [0.1, 0.15) is 10.7 Å². The van der Waals surface area contributed by atoms with Crippen LogP contribution in [0.15, 0.2) is 47.4 Å². The van der Waals surface area contributed by atoms with Crippen molar-refractivity contribution in [3.05, 3.63) is 59.4 Å². The second kappa shape index (κ2) is 4.56. The van der Waals surface area contributed by atoms with Crippen molar-refractivity contribution >= 4 is 21.6 Å². The molecule has 0 spiro atoms. The SMILES string of the molecule is Nc1cc(F)ccc1CN1C(=O)c2ccccc2S1(=O)=O. The predicted molar refractivity (Wildman–Crippen MR) is 74.3 cm³/mol. The van der Waals surface area contributed by atoms with Crippen molar-refractivity contribution in [2.24, 2.45) is 0 Å². The summed E-state index contributed by atoms with van der Waals surface area (Å²) in [6.07, 6.45) is 0. The Morgan fingerprint density at radius 3 is 2.52 bits per heavy atom. The normalized spacial score (nSPS) is 16.0. The van der Waals surface area contributed by atoms with Crippen molar-refractivity contribution in [3.8, 4) is 0 Å². The number of amides is 1. The van der Waals surface area contributed by atoms with E-state index in [0.29, 0.717) is 5.56 Å². The summed E-state index contributed by atoms with van der Waals surface area (Å²) in [5, 5.41) is 0. The lowest BCUT2D eigenvalue weighted by molar-refractivity contribution is 0.0865. The smallest absolute Gasteiger partial charge is 0.269 e. The van der Waals surface area contributed by atoms with E-state index in [1.54, 1.807) is 12.1 Å². The van der Waals surface area contributed by atoms with Gasteiger partial charge in [0.15, 0.2) is 0 Å². The van der Waals surface area contributed by atoms with Crippen LogP contribution in [0.3, 0.4) is 0 Å². The number of nitrogens with zero attached hydrogens (tertiary/aromatic N) is 1. The Morgan fingerprint density at radius 2 is 1.86 bits per heavy atom. The number of fused-ring (bicyclic) bond motifs is 1. The molecule has 2 aromatic rings. The highest BCUT2D eigenvalue weighted by molar-refractivity contribution is 7.90. The van der Waals surface area contributed by atoms with Crippen molar-refractivity contribution in [2.75, 3.05) is 5.73 Å². The molecular weight excluding hydrogens is 295 g/mol. The molecule has 108 valence electrons. The molecule has 1 heterocycles. The summed E-state index contributed by atoms with van der Waals surface area (Å²) in [6, 6.07) is 9.64. The summed E-state index contributed by atoms with van der Waals surface area (Å²) in [6.45, 7) is -0.220. The highest BCUT2D eigenvalue weighted by atomic mass is 32.2. The molecule has 5 nitrogen and oxygen atoms in total. The zero-order valence-electron chi connectivity index (χ0n) is 10.8. The molecule has 2 aromatic carbocycles. The molecule has 1 amide bonds. The van der Waals surface area contributed by atoms with Gasteiger partial charge >= 0.3 is 0 Å². The summed E-state index contributed by atoms with van der Waals surface area (Å²) in [7, 11) is -3.89. The van der Waals surface area contributed by atoms with Crippen molar-refractivity contribution in [1.29, 1.82) is 0 Å². The van der Waals surface area contributed by atoms with E-state index in [-0.39, 0.29) is 22.7 Å². The van der Waals surface area contributed by atoms with Crippen molar-refractivity contribution in [1.82, 2.24) is 4.31 Å². The maximum absolute atomic E-state index is 13.0. The number of nitrogen functional groups attached to an aromatic ring is 1. The van der Waals surface area contributed by atoms with E-state index in [9.17, 15) is 17.6 Å². The van der Waals surface area contributed by atoms with Crippen LogP contribution in [-0.4, -0.2) is 18.6 Å². The van der Waals surface area contributed by atoms with Gasteiger partial charge in [0.05, 0.1) is 12.1 Å². The molecular formula is C14H11FN2O3S. The van der Waals surface area contributed by atoms with Gasteiger partial charge in [0.2, 0.25) is 0 Å². The van der Waals surface area contributed by atoms with Gasteiger partial charge < -0.3 is 5.73 Å². The van der Waals surface area contributed by atoms with Gasteiger partial charge in [0, 0.05) is 5.69 Å². The lowest BCUT2D eigenvalue weighted by Gasteiger charge is -2.16. The first-order chi connectivity index (χ1) is 9.91. The second-order valence-electron chi connectivity index (χ2n) is 4.66. The number of halogens is 1. The highest BCUT2D eigenvalue weighted by Crippen LogP contribution is 2.32. The quantitative estimate of drug-likeness (QED) is 0.857. The largest absolute Gasteiger partial charge is 0.398 e. The summed E-state index contributed by atoms with van der Waals surface area (Å²) in [5.74, 6) is -1.12. The first-order valence-electron chi connectivity index (χ1n) is 6.11. The number of rotatable bonds is 2. The van der Waals surface area contributed by atoms with Crippen LogP contribution in [0.1, 0.15) is 15.9 Å². The van der Waals surface area contributed by atoms with E-state index < -0.39 is 21.7 Å². The Morgan fingerprint density at radius 1 is 1.14 bits per heavy atom. The first-order valence-corrected chi connectivity index (χ1v) is 7.55. The van der Waals surface area contributed by atoms with Crippen LogP contribution < -0.4 is 5.73 Å². The van der Waals surface area contributed by atoms with E-state index in [4.69, 9.17) is 5.73 Å². The minimum absolute atomic E-state index is 0.0179. The Bertz CT molecular complexity index is 849. The minimum Gasteiger partial charge on any atom is -0.398 e. The lowest BCUT2D eigenvalue weighted by Crippen LogP contribution is -2.29.